The predicted molar refractivity (Wildman–Crippen MR) is 176 cm³/mol. The fourth-order valence-electron chi connectivity index (χ4n) is 5.04. The van der Waals surface area contributed by atoms with E-state index >= 15 is 0 Å². The molecule has 0 bridgehead atoms. The second-order valence-corrected chi connectivity index (χ2v) is 14.3. The number of carbonyl (C=O) groups excluding carboxylic acids is 3. The summed E-state index contributed by atoms with van der Waals surface area (Å²) < 4.78 is 62.5. The van der Waals surface area contributed by atoms with E-state index in [1.807, 2.05) is 0 Å². The number of nitrogens with one attached hydrogen (secondary N) is 2. The Morgan fingerprint density at radius 1 is 0.766 bits per heavy atom. The molecule has 0 spiro atoms. The fourth-order valence-corrected chi connectivity index (χ4v) is 7.94. The van der Waals surface area contributed by atoms with Gasteiger partial charge < -0.3 is 26.8 Å². The fraction of sp³-hybridized carbons (Fsp3) is 0.194. The van der Waals surface area contributed by atoms with E-state index in [-0.39, 0.29) is 43.9 Å². The van der Waals surface area contributed by atoms with Crippen LogP contribution in [-0.4, -0.2) is 67.3 Å². The van der Waals surface area contributed by atoms with Crippen molar-refractivity contribution >= 4 is 65.6 Å². The zero-order valence-corrected chi connectivity index (χ0v) is 26.8. The van der Waals surface area contributed by atoms with Crippen LogP contribution in [-0.2, 0) is 34.4 Å². The molecule has 4 aromatic rings. The highest BCUT2D eigenvalue weighted by Gasteiger charge is 2.32. The molecule has 0 radical (unpaired) electrons. The number of methoxy groups -OCH3 is 1. The molecule has 6 N–H and O–H groups in total. The molecule has 0 saturated carbocycles. The third kappa shape index (κ3) is 6.84. The van der Waals surface area contributed by atoms with Crippen molar-refractivity contribution in [1.29, 1.82) is 0 Å². The maximum absolute atomic E-state index is 14.0. The maximum Gasteiger partial charge on any atom is 0.264 e. The Labute approximate surface area is 271 Å². The van der Waals surface area contributed by atoms with Crippen LogP contribution < -0.4 is 35.4 Å². The number of nitrogens with zero attached hydrogens (tertiary/aromatic N) is 2. The van der Waals surface area contributed by atoms with Gasteiger partial charge in [0.25, 0.3) is 20.0 Å². The van der Waals surface area contributed by atoms with Crippen LogP contribution in [0.2, 0.25) is 0 Å². The molecule has 3 amide bonds. The lowest BCUT2D eigenvalue weighted by Gasteiger charge is -2.28. The zero-order valence-electron chi connectivity index (χ0n) is 25.1. The van der Waals surface area contributed by atoms with Crippen LogP contribution in [0.5, 0.6) is 5.75 Å². The predicted octanol–water partition coefficient (Wildman–Crippen LogP) is 1.51. The summed E-state index contributed by atoms with van der Waals surface area (Å²) in [5.41, 5.74) is 11.4. The Kier molecular flexibility index (Phi) is 9.37. The highest BCUT2D eigenvalue weighted by atomic mass is 32.2. The molecule has 1 fully saturated rings. The lowest BCUT2D eigenvalue weighted by molar-refractivity contribution is -0.119. The van der Waals surface area contributed by atoms with Crippen LogP contribution in [0.25, 0.3) is 10.8 Å². The number of carbonyl (C=O) groups is 3. The van der Waals surface area contributed by atoms with Gasteiger partial charge >= 0.3 is 0 Å². The van der Waals surface area contributed by atoms with Gasteiger partial charge in [0.15, 0.2) is 0 Å². The van der Waals surface area contributed by atoms with Gasteiger partial charge in [-0.3, -0.25) is 23.0 Å². The van der Waals surface area contributed by atoms with Gasteiger partial charge in [-0.2, -0.15) is 0 Å². The van der Waals surface area contributed by atoms with Crippen molar-refractivity contribution in [3.05, 3.63) is 84.9 Å². The molecule has 1 aliphatic rings. The number of nitrogens with two attached hydrogens (primary N) is 2. The summed E-state index contributed by atoms with van der Waals surface area (Å²) in [6, 6.07) is 19.7. The van der Waals surface area contributed by atoms with Crippen LogP contribution in [0.3, 0.4) is 0 Å². The normalized spacial score (nSPS) is 14.5. The van der Waals surface area contributed by atoms with Gasteiger partial charge in [0, 0.05) is 16.5 Å². The number of rotatable bonds is 13. The molecule has 1 heterocycles. The minimum atomic E-state index is -4.44. The summed E-state index contributed by atoms with van der Waals surface area (Å²) in [6.07, 6.45) is 0.695. The van der Waals surface area contributed by atoms with E-state index in [9.17, 15) is 31.2 Å². The lowest BCUT2D eigenvalue weighted by Crippen LogP contribution is -2.50. The smallest absolute Gasteiger partial charge is 0.264 e. The van der Waals surface area contributed by atoms with E-state index in [1.165, 1.54) is 67.8 Å². The Bertz CT molecular complexity index is 2050. The molecule has 14 nitrogen and oxygen atoms in total. The lowest BCUT2D eigenvalue weighted by atomic mass is 10.1. The van der Waals surface area contributed by atoms with Crippen LogP contribution in [0.1, 0.15) is 6.42 Å². The minimum Gasteiger partial charge on any atom is -0.497 e. The molecule has 0 aromatic heterocycles. The van der Waals surface area contributed by atoms with Gasteiger partial charge in [0.2, 0.25) is 17.7 Å². The standard InChI is InChI=1S/C31H32N6O8S2/c1-45-21-8-12-23(13-9-21)47(43,44)37(19-30(33)39)28-15-14-27(24-4-2-3-5-25(24)28)36(18-29(32)38)46(41,42)22-10-6-20(7-11-22)35-31(40)26-16-17-34-26/h2-15,26,34H,16-19H2,1H3,(H2,32,38)(H2,33,39)(H,35,40)/t26-/m0/s1. The van der Waals surface area contributed by atoms with E-state index in [0.29, 0.717) is 17.9 Å². The molecule has 4 aromatic carbocycles. The van der Waals surface area contributed by atoms with Gasteiger partial charge in [-0.15, -0.1) is 0 Å². The summed E-state index contributed by atoms with van der Waals surface area (Å²) in [5, 5.41) is 6.20. The first-order valence-electron chi connectivity index (χ1n) is 14.2. The number of ether oxygens (including phenoxy) is 1. The van der Waals surface area contributed by atoms with E-state index in [2.05, 4.69) is 10.6 Å². The Morgan fingerprint density at radius 3 is 1.60 bits per heavy atom. The number of fused-ring (bicyclic) bond motifs is 1. The van der Waals surface area contributed by atoms with Crippen LogP contribution in [0, 0.1) is 0 Å². The van der Waals surface area contributed by atoms with Gasteiger partial charge in [-0.1, -0.05) is 24.3 Å². The Balaban J connectivity index is 1.58. The summed E-state index contributed by atoms with van der Waals surface area (Å²) in [4.78, 5) is 36.3. The molecule has 1 atom stereocenters. The molecular formula is C31H32N6O8S2. The van der Waals surface area contributed by atoms with Crippen molar-refractivity contribution < 1.29 is 36.0 Å². The maximum atomic E-state index is 14.0. The average Bonchev–Trinajstić information content (AvgIpc) is 3.01. The molecule has 1 aliphatic heterocycles. The average molecular weight is 681 g/mol. The number of hydrogen-bond donors (Lipinski definition) is 4. The van der Waals surface area contributed by atoms with Crippen molar-refractivity contribution in [3.8, 4) is 5.75 Å². The second-order valence-electron chi connectivity index (χ2n) is 10.6. The monoisotopic (exact) mass is 680 g/mol. The summed E-state index contributed by atoms with van der Waals surface area (Å²) in [7, 11) is -7.37. The molecular weight excluding hydrogens is 649 g/mol. The van der Waals surface area contributed by atoms with E-state index in [1.54, 1.807) is 24.3 Å². The first-order valence-corrected chi connectivity index (χ1v) is 17.1. The third-order valence-electron chi connectivity index (χ3n) is 7.51. The Hall–Kier alpha value is -5.19. The van der Waals surface area contributed by atoms with Crippen LogP contribution >= 0.6 is 0 Å². The number of primary amides is 2. The molecule has 0 aliphatic carbocycles. The molecule has 5 rings (SSSR count). The van der Waals surface area contributed by atoms with Crippen LogP contribution in [0.15, 0.2) is 94.7 Å². The van der Waals surface area contributed by atoms with E-state index in [0.717, 1.165) is 15.2 Å². The van der Waals surface area contributed by atoms with Crippen molar-refractivity contribution in [3.63, 3.8) is 0 Å². The van der Waals surface area contributed by atoms with E-state index < -0.39 is 45.0 Å². The molecule has 0 unspecified atom stereocenters. The quantitative estimate of drug-likeness (QED) is 0.161. The summed E-state index contributed by atoms with van der Waals surface area (Å²) in [6.45, 7) is -0.727. The summed E-state index contributed by atoms with van der Waals surface area (Å²) >= 11 is 0. The van der Waals surface area contributed by atoms with Gasteiger partial charge in [-0.05, 0) is 73.6 Å². The van der Waals surface area contributed by atoms with Crippen molar-refractivity contribution in [2.75, 3.05) is 40.7 Å². The van der Waals surface area contributed by atoms with Crippen molar-refractivity contribution in [1.82, 2.24) is 5.32 Å². The first-order chi connectivity index (χ1) is 22.3. The second kappa shape index (κ2) is 13.3. The number of amides is 3. The van der Waals surface area contributed by atoms with Crippen molar-refractivity contribution in [2.45, 2.75) is 22.3 Å². The topological polar surface area (TPSA) is 211 Å². The molecule has 16 heteroatoms. The van der Waals surface area contributed by atoms with Gasteiger partial charge in [-0.25, -0.2) is 16.8 Å². The van der Waals surface area contributed by atoms with Gasteiger partial charge in [0.1, 0.15) is 18.8 Å². The number of benzene rings is 4. The highest BCUT2D eigenvalue weighted by molar-refractivity contribution is 7.93. The highest BCUT2D eigenvalue weighted by Crippen LogP contribution is 2.38. The number of anilines is 3. The largest absolute Gasteiger partial charge is 0.497 e. The molecule has 1 saturated heterocycles. The first kappa shape index (κ1) is 33.2. The Morgan fingerprint density at radius 2 is 1.21 bits per heavy atom. The molecule has 246 valence electrons. The minimum absolute atomic E-state index is 0.0254. The SMILES string of the molecule is COc1ccc(S(=O)(=O)N(CC(N)=O)c2ccc(N(CC(N)=O)S(=O)(=O)c3ccc(NC(=O)[C@@H]4CCN4)cc3)c3ccccc23)cc1. The third-order valence-corrected chi connectivity index (χ3v) is 11.1. The van der Waals surface area contributed by atoms with Gasteiger partial charge in [0.05, 0.1) is 34.3 Å². The zero-order chi connectivity index (χ0) is 33.9. The summed E-state index contributed by atoms with van der Waals surface area (Å²) in [5.74, 6) is -1.71. The van der Waals surface area contributed by atoms with E-state index in [4.69, 9.17) is 16.2 Å². The molecule has 47 heavy (non-hydrogen) atoms. The van der Waals surface area contributed by atoms with Crippen molar-refractivity contribution in [2.24, 2.45) is 11.5 Å². The number of hydrogen-bond acceptors (Lipinski definition) is 9. The number of sulfonamides is 2. The van der Waals surface area contributed by atoms with Crippen LogP contribution in [0.4, 0.5) is 17.1 Å².